The predicted molar refractivity (Wildman–Crippen MR) is 86.6 cm³/mol. The fourth-order valence-corrected chi connectivity index (χ4v) is 3.47. The summed E-state index contributed by atoms with van der Waals surface area (Å²) >= 11 is 0. The molecule has 0 aliphatic carbocycles. The summed E-state index contributed by atoms with van der Waals surface area (Å²) in [5, 5.41) is 7.20. The molecule has 0 spiro atoms. The van der Waals surface area contributed by atoms with Crippen LogP contribution in [0.5, 0.6) is 0 Å². The molecule has 2 N–H and O–H groups in total. The van der Waals surface area contributed by atoms with Crippen molar-refractivity contribution in [3.63, 3.8) is 0 Å². The number of nitrogens with one attached hydrogen (secondary N) is 2. The van der Waals surface area contributed by atoms with Crippen molar-refractivity contribution in [2.45, 2.75) is 33.0 Å². The number of aryl methyl sites for hydroxylation is 2. The molecule has 2 aromatic heterocycles. The first-order valence-corrected chi connectivity index (χ1v) is 9.48. The van der Waals surface area contributed by atoms with Gasteiger partial charge in [-0.3, -0.25) is 9.48 Å². The average molecular weight is 352 g/mol. The second-order valence-electron chi connectivity index (χ2n) is 5.90. The van der Waals surface area contributed by atoms with Crippen LogP contribution >= 0.6 is 0 Å². The van der Waals surface area contributed by atoms with E-state index >= 15 is 0 Å². The summed E-state index contributed by atoms with van der Waals surface area (Å²) in [5.74, 6) is -0.0411. The van der Waals surface area contributed by atoms with Crippen molar-refractivity contribution in [2.75, 3.05) is 12.8 Å². The van der Waals surface area contributed by atoms with Gasteiger partial charge in [0.2, 0.25) is 10.0 Å². The van der Waals surface area contributed by atoms with Crippen molar-refractivity contribution < 1.29 is 13.2 Å². The number of imidazole rings is 1. The molecule has 0 saturated heterocycles. The Balaban J connectivity index is 1.68. The van der Waals surface area contributed by atoms with Gasteiger partial charge in [-0.2, -0.15) is 9.40 Å². The molecule has 3 rings (SSSR count). The molecule has 0 bridgehead atoms. The molecule has 0 fully saturated rings. The number of H-pyrrole nitrogens is 1. The van der Waals surface area contributed by atoms with E-state index in [-0.39, 0.29) is 18.3 Å². The van der Waals surface area contributed by atoms with Gasteiger partial charge >= 0.3 is 0 Å². The Morgan fingerprint density at radius 1 is 1.42 bits per heavy atom. The molecule has 130 valence electrons. The summed E-state index contributed by atoms with van der Waals surface area (Å²) in [7, 11) is -3.23. The van der Waals surface area contributed by atoms with Crippen LogP contribution in [0.25, 0.3) is 0 Å². The highest BCUT2D eigenvalue weighted by atomic mass is 32.2. The van der Waals surface area contributed by atoms with Crippen LogP contribution in [0, 0.1) is 6.92 Å². The topological polar surface area (TPSA) is 113 Å². The maximum Gasteiger partial charge on any atom is 0.287 e. The Morgan fingerprint density at radius 3 is 2.88 bits per heavy atom. The second kappa shape index (κ2) is 6.36. The standard InChI is InChI=1S/C14H20N6O3S/c1-10-7-15-13(17-10)14(21)16-8-11-6-12-9-19(24(2,22)23)4-3-5-20(12)18-11/h6-7H,3-5,8-9H2,1-2H3,(H,15,17)(H,16,21). The lowest BCUT2D eigenvalue weighted by atomic mass is 10.3. The Morgan fingerprint density at radius 2 is 2.21 bits per heavy atom. The molecule has 2 aromatic rings. The molecule has 0 aromatic carbocycles. The third-order valence-electron chi connectivity index (χ3n) is 3.85. The zero-order valence-electron chi connectivity index (χ0n) is 13.6. The van der Waals surface area contributed by atoms with Gasteiger partial charge in [-0.15, -0.1) is 0 Å². The minimum Gasteiger partial charge on any atom is -0.344 e. The van der Waals surface area contributed by atoms with E-state index in [0.29, 0.717) is 31.7 Å². The first-order chi connectivity index (χ1) is 11.3. The minimum absolute atomic E-state index is 0.261. The number of fused-ring (bicyclic) bond motifs is 1. The number of carbonyl (C=O) groups is 1. The van der Waals surface area contributed by atoms with Gasteiger partial charge in [-0.25, -0.2) is 13.4 Å². The van der Waals surface area contributed by atoms with E-state index in [1.54, 1.807) is 6.20 Å². The summed E-state index contributed by atoms with van der Waals surface area (Å²) in [6.07, 6.45) is 3.51. The van der Waals surface area contributed by atoms with Gasteiger partial charge in [0.25, 0.3) is 5.91 Å². The van der Waals surface area contributed by atoms with Gasteiger partial charge < -0.3 is 10.3 Å². The van der Waals surface area contributed by atoms with Gasteiger partial charge in [0, 0.05) is 25.0 Å². The zero-order chi connectivity index (χ0) is 17.3. The van der Waals surface area contributed by atoms with Crippen LogP contribution in [-0.4, -0.2) is 51.2 Å². The first-order valence-electron chi connectivity index (χ1n) is 7.63. The Labute approximate surface area is 140 Å². The van der Waals surface area contributed by atoms with Crippen molar-refractivity contribution in [2.24, 2.45) is 0 Å². The smallest absolute Gasteiger partial charge is 0.287 e. The molecule has 0 atom stereocenters. The molecule has 1 aliphatic rings. The number of hydrogen-bond donors (Lipinski definition) is 2. The van der Waals surface area contributed by atoms with E-state index in [2.05, 4.69) is 20.4 Å². The normalized spacial score (nSPS) is 15.8. The van der Waals surface area contributed by atoms with E-state index < -0.39 is 10.0 Å². The van der Waals surface area contributed by atoms with E-state index in [9.17, 15) is 13.2 Å². The number of hydrogen-bond acceptors (Lipinski definition) is 5. The van der Waals surface area contributed by atoms with Gasteiger partial charge in [0.05, 0.1) is 30.7 Å². The molecule has 3 heterocycles. The average Bonchev–Trinajstić information content (AvgIpc) is 3.04. The lowest BCUT2D eigenvalue weighted by Crippen LogP contribution is -2.29. The molecular weight excluding hydrogens is 332 g/mol. The molecule has 10 heteroatoms. The number of nitrogens with zero attached hydrogens (tertiary/aromatic N) is 4. The lowest BCUT2D eigenvalue weighted by Gasteiger charge is -2.16. The molecule has 9 nitrogen and oxygen atoms in total. The highest BCUT2D eigenvalue weighted by Crippen LogP contribution is 2.16. The van der Waals surface area contributed by atoms with Crippen LogP contribution in [0.15, 0.2) is 12.3 Å². The van der Waals surface area contributed by atoms with Gasteiger partial charge in [0.1, 0.15) is 0 Å². The van der Waals surface area contributed by atoms with E-state index in [1.165, 1.54) is 10.6 Å². The summed E-state index contributed by atoms with van der Waals surface area (Å²) in [5.41, 5.74) is 2.34. The van der Waals surface area contributed by atoms with E-state index in [1.807, 2.05) is 17.7 Å². The number of aromatic amines is 1. The van der Waals surface area contributed by atoms with Gasteiger partial charge in [-0.05, 0) is 19.4 Å². The third-order valence-corrected chi connectivity index (χ3v) is 5.10. The van der Waals surface area contributed by atoms with Gasteiger partial charge in [0.15, 0.2) is 5.82 Å². The quantitative estimate of drug-likeness (QED) is 0.805. The first kappa shape index (κ1) is 16.7. The Kier molecular flexibility index (Phi) is 4.41. The zero-order valence-corrected chi connectivity index (χ0v) is 14.4. The molecule has 1 amide bonds. The molecule has 0 saturated carbocycles. The van der Waals surface area contributed by atoms with Crippen molar-refractivity contribution in [3.05, 3.63) is 35.2 Å². The maximum atomic E-state index is 12.0. The second-order valence-corrected chi connectivity index (χ2v) is 7.88. The molecule has 1 aliphatic heterocycles. The fraction of sp³-hybridized carbons (Fsp3) is 0.500. The molecule has 24 heavy (non-hydrogen) atoms. The lowest BCUT2D eigenvalue weighted by molar-refractivity contribution is 0.0940. The highest BCUT2D eigenvalue weighted by Gasteiger charge is 2.22. The van der Waals surface area contributed by atoms with Crippen LogP contribution in [0.3, 0.4) is 0 Å². The SMILES string of the molecule is Cc1cnc(C(=O)NCc2cc3n(n2)CCCN(S(C)(=O)=O)C3)[nH]1. The van der Waals surface area contributed by atoms with Crippen molar-refractivity contribution in [3.8, 4) is 0 Å². The van der Waals surface area contributed by atoms with E-state index in [0.717, 1.165) is 11.4 Å². The summed E-state index contributed by atoms with van der Waals surface area (Å²) in [4.78, 5) is 18.8. The monoisotopic (exact) mass is 352 g/mol. The fourth-order valence-electron chi connectivity index (χ4n) is 2.64. The number of rotatable bonds is 4. The molecular formula is C14H20N6O3S. The van der Waals surface area contributed by atoms with Crippen LogP contribution in [-0.2, 0) is 29.7 Å². The largest absolute Gasteiger partial charge is 0.344 e. The van der Waals surface area contributed by atoms with Crippen molar-refractivity contribution in [1.29, 1.82) is 0 Å². The predicted octanol–water partition coefficient (Wildman–Crippen LogP) is 0.00992. The van der Waals surface area contributed by atoms with Crippen LogP contribution in [0.4, 0.5) is 0 Å². The minimum atomic E-state index is -3.23. The Bertz CT molecular complexity index is 854. The van der Waals surface area contributed by atoms with Crippen molar-refractivity contribution in [1.82, 2.24) is 29.4 Å². The van der Waals surface area contributed by atoms with E-state index in [4.69, 9.17) is 0 Å². The Hall–Kier alpha value is -2.20. The number of sulfonamides is 1. The number of carbonyl (C=O) groups excluding carboxylic acids is 1. The third kappa shape index (κ3) is 3.65. The molecule has 0 unspecified atom stereocenters. The van der Waals surface area contributed by atoms with Crippen LogP contribution in [0.1, 0.15) is 34.1 Å². The van der Waals surface area contributed by atoms with Gasteiger partial charge in [-0.1, -0.05) is 0 Å². The molecule has 0 radical (unpaired) electrons. The highest BCUT2D eigenvalue weighted by molar-refractivity contribution is 7.88. The summed E-state index contributed by atoms with van der Waals surface area (Å²) in [6, 6.07) is 1.83. The van der Waals surface area contributed by atoms with Crippen LogP contribution < -0.4 is 5.32 Å². The summed E-state index contributed by atoms with van der Waals surface area (Å²) in [6.45, 7) is 3.54. The van der Waals surface area contributed by atoms with Crippen molar-refractivity contribution >= 4 is 15.9 Å². The van der Waals surface area contributed by atoms with Crippen LogP contribution in [0.2, 0.25) is 0 Å². The summed E-state index contributed by atoms with van der Waals surface area (Å²) < 4.78 is 26.8. The maximum absolute atomic E-state index is 12.0. The number of aromatic nitrogens is 4. The number of amides is 1.